The van der Waals surface area contributed by atoms with E-state index in [0.717, 1.165) is 16.9 Å². The molecule has 2 rings (SSSR count). The van der Waals surface area contributed by atoms with Crippen LogP contribution in [0.25, 0.3) is 0 Å². The van der Waals surface area contributed by atoms with Crippen LogP contribution in [0.4, 0.5) is 5.69 Å². The number of nitrogens with zero attached hydrogens (tertiary/aromatic N) is 1. The SMILES string of the molecule is COc1ccc(CN(C)C(=O)c2cc(N)ccc2C)cc1. The molecule has 0 aromatic heterocycles. The quantitative estimate of drug-likeness (QED) is 0.878. The van der Waals surface area contributed by atoms with E-state index < -0.39 is 0 Å². The molecule has 0 atom stereocenters. The van der Waals surface area contributed by atoms with Gasteiger partial charge in [0.25, 0.3) is 5.91 Å². The minimum Gasteiger partial charge on any atom is -0.497 e. The summed E-state index contributed by atoms with van der Waals surface area (Å²) in [6, 6.07) is 13.1. The Kier molecular flexibility index (Phi) is 4.48. The standard InChI is InChI=1S/C17H20N2O2/c1-12-4-7-14(18)10-16(12)17(20)19(2)11-13-5-8-15(21-3)9-6-13/h4-10H,11,18H2,1-3H3. The zero-order valence-electron chi connectivity index (χ0n) is 12.6. The molecular weight excluding hydrogens is 264 g/mol. The minimum atomic E-state index is -0.0318. The second kappa shape index (κ2) is 6.31. The van der Waals surface area contributed by atoms with E-state index in [4.69, 9.17) is 10.5 Å². The second-order valence-electron chi connectivity index (χ2n) is 5.08. The van der Waals surface area contributed by atoms with Crippen molar-refractivity contribution in [1.82, 2.24) is 4.90 Å². The number of anilines is 1. The molecule has 0 fully saturated rings. The highest BCUT2D eigenvalue weighted by Crippen LogP contribution is 2.17. The summed E-state index contributed by atoms with van der Waals surface area (Å²) in [6.45, 7) is 2.45. The van der Waals surface area contributed by atoms with Gasteiger partial charge in [0.15, 0.2) is 0 Å². The first-order chi connectivity index (χ1) is 10.0. The van der Waals surface area contributed by atoms with Crippen molar-refractivity contribution < 1.29 is 9.53 Å². The molecule has 0 bridgehead atoms. The first-order valence-electron chi connectivity index (χ1n) is 6.76. The summed E-state index contributed by atoms with van der Waals surface area (Å²) in [5, 5.41) is 0. The van der Waals surface area contributed by atoms with Crippen molar-refractivity contribution in [1.29, 1.82) is 0 Å². The first-order valence-corrected chi connectivity index (χ1v) is 6.76. The molecule has 0 heterocycles. The Labute approximate surface area is 125 Å². The lowest BCUT2D eigenvalue weighted by Gasteiger charge is -2.19. The molecule has 4 heteroatoms. The number of benzene rings is 2. The van der Waals surface area contributed by atoms with Crippen LogP contribution in [0.2, 0.25) is 0 Å². The maximum absolute atomic E-state index is 12.5. The van der Waals surface area contributed by atoms with Crippen molar-refractivity contribution in [2.75, 3.05) is 19.9 Å². The highest BCUT2D eigenvalue weighted by atomic mass is 16.5. The van der Waals surface area contributed by atoms with Gasteiger partial charge in [-0.2, -0.15) is 0 Å². The topological polar surface area (TPSA) is 55.6 Å². The van der Waals surface area contributed by atoms with E-state index in [1.165, 1.54) is 0 Å². The van der Waals surface area contributed by atoms with Crippen molar-refractivity contribution in [3.63, 3.8) is 0 Å². The maximum Gasteiger partial charge on any atom is 0.254 e. The van der Waals surface area contributed by atoms with Crippen LogP contribution in [-0.4, -0.2) is 25.0 Å². The fraction of sp³-hybridized carbons (Fsp3) is 0.235. The van der Waals surface area contributed by atoms with Gasteiger partial charge in [-0.05, 0) is 42.3 Å². The van der Waals surface area contributed by atoms with Gasteiger partial charge >= 0.3 is 0 Å². The van der Waals surface area contributed by atoms with Crippen LogP contribution < -0.4 is 10.5 Å². The minimum absolute atomic E-state index is 0.0318. The summed E-state index contributed by atoms with van der Waals surface area (Å²) in [6.07, 6.45) is 0. The Morgan fingerprint density at radius 1 is 1.19 bits per heavy atom. The molecule has 110 valence electrons. The number of carbonyl (C=O) groups is 1. The molecule has 2 aromatic carbocycles. The molecule has 0 aliphatic heterocycles. The Morgan fingerprint density at radius 2 is 1.86 bits per heavy atom. The van der Waals surface area contributed by atoms with Gasteiger partial charge in [0.1, 0.15) is 5.75 Å². The summed E-state index contributed by atoms with van der Waals surface area (Å²) in [5.74, 6) is 0.773. The summed E-state index contributed by atoms with van der Waals surface area (Å²) in [5.41, 5.74) is 8.98. The smallest absolute Gasteiger partial charge is 0.254 e. The third-order valence-electron chi connectivity index (χ3n) is 3.42. The van der Waals surface area contributed by atoms with Gasteiger partial charge in [-0.15, -0.1) is 0 Å². The number of nitrogen functional groups attached to an aromatic ring is 1. The molecule has 0 spiro atoms. The Hall–Kier alpha value is -2.49. The number of ether oxygens (including phenoxy) is 1. The first kappa shape index (κ1) is 14.9. The average molecular weight is 284 g/mol. The molecule has 0 aliphatic carbocycles. The van der Waals surface area contributed by atoms with Crippen LogP contribution in [0.5, 0.6) is 5.75 Å². The summed E-state index contributed by atoms with van der Waals surface area (Å²) >= 11 is 0. The second-order valence-corrected chi connectivity index (χ2v) is 5.08. The predicted molar refractivity (Wildman–Crippen MR) is 84.4 cm³/mol. The van der Waals surface area contributed by atoms with E-state index in [2.05, 4.69) is 0 Å². The van der Waals surface area contributed by atoms with Gasteiger partial charge < -0.3 is 15.4 Å². The molecule has 1 amide bonds. The van der Waals surface area contributed by atoms with Crippen molar-refractivity contribution >= 4 is 11.6 Å². The normalized spacial score (nSPS) is 10.2. The van der Waals surface area contributed by atoms with Crippen molar-refractivity contribution in [3.05, 3.63) is 59.2 Å². The summed E-state index contributed by atoms with van der Waals surface area (Å²) in [7, 11) is 3.42. The number of amides is 1. The largest absolute Gasteiger partial charge is 0.497 e. The van der Waals surface area contributed by atoms with Gasteiger partial charge in [0.05, 0.1) is 7.11 Å². The van der Waals surface area contributed by atoms with E-state index in [0.29, 0.717) is 17.8 Å². The van der Waals surface area contributed by atoms with Gasteiger partial charge in [-0.3, -0.25) is 4.79 Å². The van der Waals surface area contributed by atoms with E-state index in [1.807, 2.05) is 37.3 Å². The lowest BCUT2D eigenvalue weighted by Crippen LogP contribution is -2.26. The molecule has 2 aromatic rings. The van der Waals surface area contributed by atoms with Crippen LogP contribution in [-0.2, 0) is 6.54 Å². The maximum atomic E-state index is 12.5. The van der Waals surface area contributed by atoms with Crippen LogP contribution in [0.15, 0.2) is 42.5 Å². The van der Waals surface area contributed by atoms with E-state index in [9.17, 15) is 4.79 Å². The molecule has 0 radical (unpaired) electrons. The van der Waals surface area contributed by atoms with Gasteiger partial charge in [0.2, 0.25) is 0 Å². The number of aryl methyl sites for hydroxylation is 1. The predicted octanol–water partition coefficient (Wildman–Crippen LogP) is 2.86. The Bertz CT molecular complexity index is 636. The lowest BCUT2D eigenvalue weighted by atomic mass is 10.1. The number of carbonyl (C=O) groups excluding carboxylic acids is 1. The van der Waals surface area contributed by atoms with Crippen molar-refractivity contribution in [3.8, 4) is 5.75 Å². The van der Waals surface area contributed by atoms with Crippen LogP contribution in [0, 0.1) is 6.92 Å². The molecule has 0 aliphatic rings. The molecular formula is C17H20N2O2. The number of methoxy groups -OCH3 is 1. The number of hydrogen-bond donors (Lipinski definition) is 1. The highest BCUT2D eigenvalue weighted by Gasteiger charge is 2.14. The summed E-state index contributed by atoms with van der Waals surface area (Å²) in [4.78, 5) is 14.2. The van der Waals surface area contributed by atoms with Crippen molar-refractivity contribution in [2.45, 2.75) is 13.5 Å². The van der Waals surface area contributed by atoms with Crippen LogP contribution >= 0.6 is 0 Å². The third kappa shape index (κ3) is 3.54. The number of hydrogen-bond acceptors (Lipinski definition) is 3. The molecule has 4 nitrogen and oxygen atoms in total. The Balaban J connectivity index is 2.13. The van der Waals surface area contributed by atoms with E-state index in [1.54, 1.807) is 31.2 Å². The van der Waals surface area contributed by atoms with Gasteiger partial charge in [-0.25, -0.2) is 0 Å². The van der Waals surface area contributed by atoms with Crippen molar-refractivity contribution in [2.24, 2.45) is 0 Å². The fourth-order valence-corrected chi connectivity index (χ4v) is 2.15. The van der Waals surface area contributed by atoms with Crippen LogP contribution in [0.1, 0.15) is 21.5 Å². The third-order valence-corrected chi connectivity index (χ3v) is 3.42. The fourth-order valence-electron chi connectivity index (χ4n) is 2.15. The van der Waals surface area contributed by atoms with Gasteiger partial charge in [-0.1, -0.05) is 18.2 Å². The zero-order chi connectivity index (χ0) is 15.4. The molecule has 21 heavy (non-hydrogen) atoms. The highest BCUT2D eigenvalue weighted by molar-refractivity contribution is 5.96. The Morgan fingerprint density at radius 3 is 2.48 bits per heavy atom. The summed E-state index contributed by atoms with van der Waals surface area (Å²) < 4.78 is 5.13. The molecule has 0 unspecified atom stereocenters. The zero-order valence-corrected chi connectivity index (χ0v) is 12.6. The average Bonchev–Trinajstić information content (AvgIpc) is 2.49. The molecule has 0 saturated heterocycles. The van der Waals surface area contributed by atoms with E-state index in [-0.39, 0.29) is 5.91 Å². The monoisotopic (exact) mass is 284 g/mol. The van der Waals surface area contributed by atoms with Gasteiger partial charge in [0, 0.05) is 24.8 Å². The molecule has 0 saturated carbocycles. The number of rotatable bonds is 4. The van der Waals surface area contributed by atoms with E-state index >= 15 is 0 Å². The molecule has 2 N–H and O–H groups in total. The lowest BCUT2D eigenvalue weighted by molar-refractivity contribution is 0.0784. The van der Waals surface area contributed by atoms with Crippen LogP contribution in [0.3, 0.4) is 0 Å². The number of nitrogens with two attached hydrogens (primary N) is 1.